The first-order valence-electron chi connectivity index (χ1n) is 10.1. The summed E-state index contributed by atoms with van der Waals surface area (Å²) in [4.78, 5) is 2.26. The molecule has 0 aliphatic carbocycles. The van der Waals surface area contributed by atoms with Gasteiger partial charge in [0, 0.05) is 24.1 Å². The van der Waals surface area contributed by atoms with E-state index >= 15 is 0 Å². The molecule has 0 amide bonds. The summed E-state index contributed by atoms with van der Waals surface area (Å²) in [6.07, 6.45) is 1.88. The van der Waals surface area contributed by atoms with Crippen molar-refractivity contribution in [3.63, 3.8) is 0 Å². The highest BCUT2D eigenvalue weighted by atomic mass is 15.4. The quantitative estimate of drug-likeness (QED) is 0.262. The maximum Gasteiger partial charge on any atom is 0.0590 e. The van der Waals surface area contributed by atoms with Gasteiger partial charge in [0.05, 0.1) is 11.9 Å². The molecule has 0 saturated carbocycles. The summed E-state index contributed by atoms with van der Waals surface area (Å²) in [7, 11) is 1.95. The SMILES string of the molecule is Cc1ccc(N(c2ccccc2)c2ccc(/C=N/N(C)c3ccccc3)cc2)cc1. The molecule has 0 radical (unpaired) electrons. The van der Waals surface area contributed by atoms with Crippen LogP contribution in [-0.4, -0.2) is 13.3 Å². The molecule has 0 spiro atoms. The van der Waals surface area contributed by atoms with E-state index in [2.05, 4.69) is 89.7 Å². The molecular formula is C27H25N3. The van der Waals surface area contributed by atoms with Crippen LogP contribution in [0.5, 0.6) is 0 Å². The van der Waals surface area contributed by atoms with Gasteiger partial charge >= 0.3 is 0 Å². The van der Waals surface area contributed by atoms with Crippen LogP contribution < -0.4 is 9.91 Å². The van der Waals surface area contributed by atoms with E-state index in [0.717, 1.165) is 28.3 Å². The Morgan fingerprint density at radius 1 is 0.567 bits per heavy atom. The number of para-hydroxylation sites is 2. The van der Waals surface area contributed by atoms with Crippen molar-refractivity contribution in [2.24, 2.45) is 5.10 Å². The normalized spacial score (nSPS) is 10.9. The molecule has 0 heterocycles. The van der Waals surface area contributed by atoms with Gasteiger partial charge in [-0.15, -0.1) is 0 Å². The third-order valence-corrected chi connectivity index (χ3v) is 4.97. The number of nitrogens with zero attached hydrogens (tertiary/aromatic N) is 3. The Labute approximate surface area is 178 Å². The Hall–Kier alpha value is -3.85. The van der Waals surface area contributed by atoms with Gasteiger partial charge < -0.3 is 4.90 Å². The van der Waals surface area contributed by atoms with Crippen LogP contribution in [-0.2, 0) is 0 Å². The summed E-state index contributed by atoms with van der Waals surface area (Å²) in [6, 6.07) is 37.6. The van der Waals surface area contributed by atoms with Crippen molar-refractivity contribution < 1.29 is 0 Å². The molecule has 0 unspecified atom stereocenters. The minimum atomic E-state index is 1.05. The molecule has 30 heavy (non-hydrogen) atoms. The largest absolute Gasteiger partial charge is 0.311 e. The summed E-state index contributed by atoms with van der Waals surface area (Å²) < 4.78 is 0. The number of aryl methyl sites for hydroxylation is 1. The number of anilines is 4. The Kier molecular flexibility index (Phi) is 5.90. The smallest absolute Gasteiger partial charge is 0.0590 e. The molecule has 0 aromatic heterocycles. The van der Waals surface area contributed by atoms with Crippen LogP contribution in [0.1, 0.15) is 11.1 Å². The first kappa shape index (κ1) is 19.5. The zero-order chi connectivity index (χ0) is 20.8. The number of hydrogen-bond donors (Lipinski definition) is 0. The molecule has 0 fully saturated rings. The van der Waals surface area contributed by atoms with Crippen molar-refractivity contribution >= 4 is 29.0 Å². The Balaban J connectivity index is 1.60. The third-order valence-electron chi connectivity index (χ3n) is 4.97. The van der Waals surface area contributed by atoms with Gasteiger partial charge in [0.15, 0.2) is 0 Å². The number of rotatable bonds is 6. The van der Waals surface area contributed by atoms with Gasteiger partial charge in [-0.3, -0.25) is 5.01 Å². The second-order valence-corrected chi connectivity index (χ2v) is 7.20. The van der Waals surface area contributed by atoms with E-state index in [0.29, 0.717) is 0 Å². The monoisotopic (exact) mass is 391 g/mol. The van der Waals surface area contributed by atoms with E-state index in [1.165, 1.54) is 5.56 Å². The van der Waals surface area contributed by atoms with Crippen LogP contribution >= 0.6 is 0 Å². The first-order chi connectivity index (χ1) is 14.7. The highest BCUT2D eigenvalue weighted by Gasteiger charge is 2.11. The topological polar surface area (TPSA) is 18.8 Å². The van der Waals surface area contributed by atoms with E-state index < -0.39 is 0 Å². The summed E-state index contributed by atoms with van der Waals surface area (Å²) in [5.41, 5.74) is 6.74. The Morgan fingerprint density at radius 3 is 1.60 bits per heavy atom. The molecule has 0 aliphatic heterocycles. The predicted octanol–water partition coefficient (Wildman–Crippen LogP) is 6.94. The highest BCUT2D eigenvalue weighted by molar-refractivity contribution is 5.83. The van der Waals surface area contributed by atoms with Crippen LogP contribution in [0.3, 0.4) is 0 Å². The second kappa shape index (κ2) is 9.10. The van der Waals surface area contributed by atoms with Crippen LogP contribution in [0.25, 0.3) is 0 Å². The predicted molar refractivity (Wildman–Crippen MR) is 128 cm³/mol. The summed E-state index contributed by atoms with van der Waals surface area (Å²) >= 11 is 0. The minimum Gasteiger partial charge on any atom is -0.311 e. The maximum atomic E-state index is 4.56. The lowest BCUT2D eigenvalue weighted by molar-refractivity contribution is 1.02. The average Bonchev–Trinajstić information content (AvgIpc) is 2.81. The van der Waals surface area contributed by atoms with Crippen molar-refractivity contribution in [2.75, 3.05) is 17.0 Å². The van der Waals surface area contributed by atoms with Gasteiger partial charge in [0.2, 0.25) is 0 Å². The lowest BCUT2D eigenvalue weighted by Gasteiger charge is -2.25. The average molecular weight is 392 g/mol. The number of hydrogen-bond acceptors (Lipinski definition) is 3. The fourth-order valence-electron chi connectivity index (χ4n) is 3.29. The molecule has 4 rings (SSSR count). The molecule has 4 aromatic carbocycles. The lowest BCUT2D eigenvalue weighted by Crippen LogP contribution is -2.10. The van der Waals surface area contributed by atoms with E-state index in [9.17, 15) is 0 Å². The summed E-state index contributed by atoms with van der Waals surface area (Å²) in [6.45, 7) is 2.11. The van der Waals surface area contributed by atoms with Gasteiger partial charge in [-0.05, 0) is 61.0 Å². The number of benzene rings is 4. The van der Waals surface area contributed by atoms with Gasteiger partial charge in [0.1, 0.15) is 0 Å². The van der Waals surface area contributed by atoms with Gasteiger partial charge in [-0.2, -0.15) is 5.10 Å². The molecule has 4 aromatic rings. The standard InChI is InChI=1S/C27H25N3/c1-22-13-17-26(18-14-22)30(25-11-7-4-8-12-25)27-19-15-23(16-20-27)21-28-29(2)24-9-5-3-6-10-24/h3-21H,1-2H3/b28-21+. The van der Waals surface area contributed by atoms with Gasteiger partial charge in [-0.1, -0.05) is 66.2 Å². The number of hydrazone groups is 1. The molecule has 3 nitrogen and oxygen atoms in total. The molecule has 148 valence electrons. The van der Waals surface area contributed by atoms with Crippen molar-refractivity contribution in [3.05, 3.63) is 120 Å². The van der Waals surface area contributed by atoms with Gasteiger partial charge in [-0.25, -0.2) is 0 Å². The van der Waals surface area contributed by atoms with Crippen molar-refractivity contribution in [2.45, 2.75) is 6.92 Å². The lowest BCUT2D eigenvalue weighted by atomic mass is 10.1. The van der Waals surface area contributed by atoms with Gasteiger partial charge in [0.25, 0.3) is 0 Å². The molecule has 0 N–H and O–H groups in total. The fraction of sp³-hybridized carbons (Fsp3) is 0.0741. The molecule has 3 heteroatoms. The van der Waals surface area contributed by atoms with Crippen LogP contribution in [0.2, 0.25) is 0 Å². The van der Waals surface area contributed by atoms with Crippen molar-refractivity contribution in [3.8, 4) is 0 Å². The zero-order valence-corrected chi connectivity index (χ0v) is 17.3. The summed E-state index contributed by atoms with van der Waals surface area (Å²) in [5, 5.41) is 6.43. The minimum absolute atomic E-state index is 1.05. The Morgan fingerprint density at radius 2 is 1.03 bits per heavy atom. The van der Waals surface area contributed by atoms with E-state index in [1.54, 1.807) is 0 Å². The molecule has 0 aliphatic rings. The fourth-order valence-corrected chi connectivity index (χ4v) is 3.29. The second-order valence-electron chi connectivity index (χ2n) is 7.20. The Bertz CT molecular complexity index is 1090. The van der Waals surface area contributed by atoms with E-state index in [4.69, 9.17) is 0 Å². The third kappa shape index (κ3) is 4.58. The van der Waals surface area contributed by atoms with Crippen LogP contribution in [0, 0.1) is 6.92 Å². The molecule has 0 saturated heterocycles. The maximum absolute atomic E-state index is 4.56. The molecule has 0 atom stereocenters. The van der Waals surface area contributed by atoms with Crippen molar-refractivity contribution in [1.82, 2.24) is 0 Å². The van der Waals surface area contributed by atoms with E-state index in [-0.39, 0.29) is 0 Å². The summed E-state index contributed by atoms with van der Waals surface area (Å²) in [5.74, 6) is 0. The van der Waals surface area contributed by atoms with Crippen LogP contribution in [0.4, 0.5) is 22.7 Å². The first-order valence-corrected chi connectivity index (χ1v) is 10.1. The van der Waals surface area contributed by atoms with Crippen molar-refractivity contribution in [1.29, 1.82) is 0 Å². The molecular weight excluding hydrogens is 366 g/mol. The highest BCUT2D eigenvalue weighted by Crippen LogP contribution is 2.34. The van der Waals surface area contributed by atoms with Crippen LogP contribution in [0.15, 0.2) is 114 Å². The van der Waals surface area contributed by atoms with E-state index in [1.807, 2.05) is 54.7 Å². The zero-order valence-electron chi connectivity index (χ0n) is 17.3. The molecule has 0 bridgehead atoms.